The van der Waals surface area contributed by atoms with Gasteiger partial charge in [-0.05, 0) is 35.4 Å². The summed E-state index contributed by atoms with van der Waals surface area (Å²) in [6, 6.07) is 8.22. The van der Waals surface area contributed by atoms with Crippen molar-refractivity contribution in [2.45, 2.75) is 17.5 Å². The summed E-state index contributed by atoms with van der Waals surface area (Å²) in [6.45, 7) is -1.36. The second-order valence-electron chi connectivity index (χ2n) is 6.20. The molecule has 0 aliphatic carbocycles. The number of alkyl halides is 5. The first-order valence-corrected chi connectivity index (χ1v) is 10.1. The zero-order chi connectivity index (χ0) is 22.8. The van der Waals surface area contributed by atoms with E-state index in [4.69, 9.17) is 0 Å². The number of benzene rings is 1. The number of nitrogens with zero attached hydrogens (tertiary/aromatic N) is 1. The number of aromatic nitrogens is 2. The first-order valence-electron chi connectivity index (χ1n) is 8.59. The van der Waals surface area contributed by atoms with Gasteiger partial charge in [0.05, 0.1) is 10.6 Å². The van der Waals surface area contributed by atoms with Crippen molar-refractivity contribution in [1.82, 2.24) is 14.7 Å². The molecule has 31 heavy (non-hydrogen) atoms. The van der Waals surface area contributed by atoms with E-state index in [-0.39, 0.29) is 16.2 Å². The monoisotopic (exact) mass is 463 g/mol. The quantitative estimate of drug-likeness (QED) is 0.317. The zero-order valence-corrected chi connectivity index (χ0v) is 16.2. The molecule has 2 aromatic heterocycles. The molecule has 2 heterocycles. The van der Waals surface area contributed by atoms with Gasteiger partial charge in [0.2, 0.25) is 10.0 Å². The van der Waals surface area contributed by atoms with E-state index in [9.17, 15) is 35.2 Å². The second kappa shape index (κ2) is 8.59. The summed E-state index contributed by atoms with van der Waals surface area (Å²) in [5.41, 5.74) is 1.03. The number of H-pyrrole nitrogens is 1. The molecule has 13 heteroatoms. The number of fused-ring (bicyclic) bond motifs is 1. The third kappa shape index (κ3) is 5.17. The molecule has 0 radical (unpaired) electrons. The third-order valence-corrected chi connectivity index (χ3v) is 5.60. The van der Waals surface area contributed by atoms with Crippen LogP contribution >= 0.6 is 0 Å². The number of hydrogen-bond acceptors (Lipinski definition) is 5. The van der Waals surface area contributed by atoms with Crippen molar-refractivity contribution in [3.05, 3.63) is 48.3 Å². The van der Waals surface area contributed by atoms with Crippen LogP contribution in [0.2, 0.25) is 0 Å². The van der Waals surface area contributed by atoms with Gasteiger partial charge in [-0.3, -0.25) is 0 Å². The highest BCUT2D eigenvalue weighted by Gasteiger charge is 2.40. The van der Waals surface area contributed by atoms with Crippen LogP contribution in [0.25, 0.3) is 22.2 Å². The first-order chi connectivity index (χ1) is 14.5. The standard InChI is InChI=1S/C18H14F5N3O4S/c19-15(20)14-9-13-12(5-6-24-16(13)26-14)10-1-3-11(4-2-10)31(28,29)25-7-8-30-17(27)18(21,22)23/h1-6,9,15,25H,7-8H2,(H,24,26). The maximum absolute atomic E-state index is 12.9. The molecule has 166 valence electrons. The van der Waals surface area contributed by atoms with Crippen molar-refractivity contribution in [2.24, 2.45) is 0 Å². The van der Waals surface area contributed by atoms with Crippen LogP contribution < -0.4 is 4.72 Å². The fourth-order valence-corrected chi connectivity index (χ4v) is 3.73. The van der Waals surface area contributed by atoms with Gasteiger partial charge in [-0.2, -0.15) is 13.2 Å². The Balaban J connectivity index is 1.73. The molecule has 0 atom stereocenters. The van der Waals surface area contributed by atoms with Gasteiger partial charge in [0.25, 0.3) is 6.43 Å². The predicted molar refractivity (Wildman–Crippen MR) is 98.7 cm³/mol. The van der Waals surface area contributed by atoms with Crippen LogP contribution in [0.15, 0.2) is 47.5 Å². The van der Waals surface area contributed by atoms with E-state index in [2.05, 4.69) is 14.7 Å². The molecule has 7 nitrogen and oxygen atoms in total. The molecular formula is C18H14F5N3O4S. The van der Waals surface area contributed by atoms with E-state index in [0.29, 0.717) is 16.5 Å². The number of nitrogens with one attached hydrogen (secondary N) is 2. The van der Waals surface area contributed by atoms with E-state index in [1.807, 2.05) is 4.72 Å². The van der Waals surface area contributed by atoms with Crippen molar-refractivity contribution in [3.8, 4) is 11.1 Å². The van der Waals surface area contributed by atoms with Crippen molar-refractivity contribution < 1.29 is 39.9 Å². The van der Waals surface area contributed by atoms with Crippen LogP contribution in [0.1, 0.15) is 12.1 Å². The summed E-state index contributed by atoms with van der Waals surface area (Å²) in [4.78, 5) is 16.9. The van der Waals surface area contributed by atoms with Gasteiger partial charge < -0.3 is 9.72 Å². The molecule has 0 spiro atoms. The topological polar surface area (TPSA) is 101 Å². The molecule has 2 N–H and O–H groups in total. The van der Waals surface area contributed by atoms with Crippen LogP contribution in [-0.2, 0) is 19.6 Å². The van der Waals surface area contributed by atoms with Crippen molar-refractivity contribution >= 4 is 27.0 Å². The first kappa shape index (κ1) is 22.6. The van der Waals surface area contributed by atoms with Gasteiger partial charge in [0.1, 0.15) is 12.3 Å². The summed E-state index contributed by atoms with van der Waals surface area (Å²) >= 11 is 0. The van der Waals surface area contributed by atoms with Crippen LogP contribution in [0.5, 0.6) is 0 Å². The fraction of sp³-hybridized carbons (Fsp3) is 0.222. The zero-order valence-electron chi connectivity index (χ0n) is 15.4. The summed E-state index contributed by atoms with van der Waals surface area (Å²) in [7, 11) is -4.08. The highest BCUT2D eigenvalue weighted by Crippen LogP contribution is 2.31. The number of aromatic amines is 1. The van der Waals surface area contributed by atoms with Crippen LogP contribution in [-0.4, -0.2) is 43.7 Å². The van der Waals surface area contributed by atoms with Crippen LogP contribution in [0, 0.1) is 0 Å². The predicted octanol–water partition coefficient (Wildman–Crippen LogP) is 3.55. The number of halogens is 5. The van der Waals surface area contributed by atoms with E-state index in [1.54, 1.807) is 6.07 Å². The molecule has 0 amide bonds. The summed E-state index contributed by atoms with van der Waals surface area (Å²) < 4.78 is 92.4. The smallest absolute Gasteiger partial charge is 0.458 e. The van der Waals surface area contributed by atoms with Gasteiger partial charge in [0.15, 0.2) is 0 Å². The summed E-state index contributed by atoms with van der Waals surface area (Å²) in [5, 5.41) is 0.429. The molecule has 3 rings (SSSR count). The summed E-state index contributed by atoms with van der Waals surface area (Å²) in [5.74, 6) is -2.42. The lowest BCUT2D eigenvalue weighted by Crippen LogP contribution is -2.31. The highest BCUT2D eigenvalue weighted by molar-refractivity contribution is 7.89. The van der Waals surface area contributed by atoms with Crippen molar-refractivity contribution in [2.75, 3.05) is 13.2 Å². The average Bonchev–Trinajstić information content (AvgIpc) is 3.15. The third-order valence-electron chi connectivity index (χ3n) is 4.12. The largest absolute Gasteiger partial charge is 0.490 e. The highest BCUT2D eigenvalue weighted by atomic mass is 32.2. The number of sulfonamides is 1. The van der Waals surface area contributed by atoms with Crippen LogP contribution in [0.3, 0.4) is 0 Å². The number of esters is 1. The van der Waals surface area contributed by atoms with Gasteiger partial charge in [-0.25, -0.2) is 31.7 Å². The molecule has 0 saturated heterocycles. The molecule has 0 aliphatic rings. The lowest BCUT2D eigenvalue weighted by Gasteiger charge is -2.10. The lowest BCUT2D eigenvalue weighted by atomic mass is 10.0. The van der Waals surface area contributed by atoms with Crippen molar-refractivity contribution in [1.29, 1.82) is 0 Å². The normalized spacial score (nSPS) is 12.5. The molecule has 0 aliphatic heterocycles. The van der Waals surface area contributed by atoms with E-state index in [1.165, 1.54) is 36.5 Å². The maximum Gasteiger partial charge on any atom is 0.490 e. The molecule has 0 unspecified atom stereocenters. The summed E-state index contributed by atoms with van der Waals surface area (Å²) in [6.07, 6.45) is -6.46. The van der Waals surface area contributed by atoms with Gasteiger partial charge in [-0.15, -0.1) is 0 Å². The van der Waals surface area contributed by atoms with Gasteiger partial charge >= 0.3 is 12.1 Å². The van der Waals surface area contributed by atoms with Gasteiger partial charge in [-0.1, -0.05) is 12.1 Å². The number of carbonyl (C=O) groups is 1. The van der Waals surface area contributed by atoms with E-state index < -0.39 is 41.7 Å². The molecule has 3 aromatic rings. The molecule has 0 saturated carbocycles. The van der Waals surface area contributed by atoms with Crippen LogP contribution in [0.4, 0.5) is 22.0 Å². The number of ether oxygens (including phenoxy) is 1. The minimum Gasteiger partial charge on any atom is -0.458 e. The van der Waals surface area contributed by atoms with Crippen molar-refractivity contribution in [3.63, 3.8) is 0 Å². The minimum absolute atomic E-state index is 0.189. The SMILES string of the molecule is O=C(OCCNS(=O)(=O)c1ccc(-c2ccnc3[nH]c(C(F)F)cc23)cc1)C(F)(F)F. The maximum atomic E-state index is 12.9. The number of pyridine rings is 1. The Bertz CT molecular complexity index is 1190. The second-order valence-corrected chi connectivity index (χ2v) is 7.97. The van der Waals surface area contributed by atoms with E-state index >= 15 is 0 Å². The Morgan fingerprint density at radius 1 is 1.16 bits per heavy atom. The Morgan fingerprint density at radius 2 is 1.84 bits per heavy atom. The molecular weight excluding hydrogens is 449 g/mol. The molecule has 1 aromatic carbocycles. The fourth-order valence-electron chi connectivity index (χ4n) is 2.72. The number of carbonyl (C=O) groups excluding carboxylic acids is 1. The number of rotatable bonds is 7. The average molecular weight is 463 g/mol. The van der Waals surface area contributed by atoms with Gasteiger partial charge in [0, 0.05) is 18.1 Å². The number of hydrogen-bond donors (Lipinski definition) is 2. The Hall–Kier alpha value is -3.06. The Labute approximate surface area is 172 Å². The van der Waals surface area contributed by atoms with E-state index in [0.717, 1.165) is 0 Å². The minimum atomic E-state index is -5.16. The molecule has 0 bridgehead atoms. The Morgan fingerprint density at radius 3 is 2.45 bits per heavy atom. The molecule has 0 fully saturated rings. The lowest BCUT2D eigenvalue weighted by molar-refractivity contribution is -0.199. The Kier molecular flexibility index (Phi) is 6.27.